The summed E-state index contributed by atoms with van der Waals surface area (Å²) in [4.78, 5) is 18.5. The van der Waals surface area contributed by atoms with Gasteiger partial charge < -0.3 is 4.57 Å². The van der Waals surface area contributed by atoms with Crippen LogP contribution in [0.25, 0.3) is 16.9 Å². The van der Waals surface area contributed by atoms with E-state index in [9.17, 15) is 4.79 Å². The summed E-state index contributed by atoms with van der Waals surface area (Å²) in [7, 11) is 3.82. The van der Waals surface area contributed by atoms with Crippen LogP contribution in [0.2, 0.25) is 5.02 Å². The molecule has 0 fully saturated rings. The summed E-state index contributed by atoms with van der Waals surface area (Å²) < 4.78 is 5.47. The van der Waals surface area contributed by atoms with Gasteiger partial charge in [-0.3, -0.25) is 9.48 Å². The van der Waals surface area contributed by atoms with Crippen LogP contribution in [0.5, 0.6) is 0 Å². The van der Waals surface area contributed by atoms with Crippen molar-refractivity contribution in [3.8, 4) is 16.9 Å². The maximum Gasteiger partial charge on any atom is 0.297 e. The lowest BCUT2D eigenvalue weighted by molar-refractivity contribution is 0.630. The van der Waals surface area contributed by atoms with E-state index in [1.54, 1.807) is 4.68 Å². The Bertz CT molecular complexity index is 1260. The van der Waals surface area contributed by atoms with Crippen molar-refractivity contribution in [1.29, 1.82) is 0 Å². The van der Waals surface area contributed by atoms with E-state index in [1.165, 1.54) is 11.3 Å². The molecule has 0 unspecified atom stereocenters. The average molecular weight is 411 g/mol. The van der Waals surface area contributed by atoms with Crippen molar-refractivity contribution in [2.75, 3.05) is 0 Å². The zero-order valence-electron chi connectivity index (χ0n) is 15.8. The number of thiazole rings is 1. The Hall–Kier alpha value is -2.83. The molecule has 0 aliphatic heterocycles. The van der Waals surface area contributed by atoms with Crippen molar-refractivity contribution >= 4 is 28.6 Å². The van der Waals surface area contributed by atoms with Gasteiger partial charge >= 0.3 is 0 Å². The van der Waals surface area contributed by atoms with Crippen LogP contribution in [0.3, 0.4) is 0 Å². The van der Waals surface area contributed by atoms with Gasteiger partial charge in [0.2, 0.25) is 0 Å². The summed E-state index contributed by atoms with van der Waals surface area (Å²) in [6, 6.07) is 17.3. The molecule has 4 aromatic rings. The van der Waals surface area contributed by atoms with Crippen LogP contribution in [-0.4, -0.2) is 13.9 Å². The number of hydrogen-bond acceptors (Lipinski definition) is 3. The third kappa shape index (κ3) is 3.15. The Kier molecular flexibility index (Phi) is 4.83. The van der Waals surface area contributed by atoms with Crippen LogP contribution in [0.15, 0.2) is 69.8 Å². The molecule has 5 nitrogen and oxygen atoms in total. The molecule has 4 rings (SSSR count). The lowest BCUT2D eigenvalue weighted by Gasteiger charge is -2.07. The van der Waals surface area contributed by atoms with Crippen molar-refractivity contribution in [3.05, 3.63) is 85.8 Å². The second kappa shape index (κ2) is 7.30. The van der Waals surface area contributed by atoms with Crippen LogP contribution in [-0.2, 0) is 14.1 Å². The number of hydrogen-bond donors (Lipinski definition) is 0. The minimum atomic E-state index is -0.132. The fraction of sp³-hybridized carbons (Fsp3) is 0.143. The molecule has 2 aromatic carbocycles. The van der Waals surface area contributed by atoms with E-state index in [0.29, 0.717) is 10.7 Å². The number of para-hydroxylation sites is 1. The molecule has 0 spiro atoms. The topological polar surface area (TPSA) is 44.2 Å². The zero-order chi connectivity index (χ0) is 19.8. The Labute approximate surface area is 171 Å². The molecule has 7 heteroatoms. The molecule has 0 radical (unpaired) electrons. The van der Waals surface area contributed by atoms with Crippen LogP contribution in [0, 0.1) is 6.92 Å². The molecular weight excluding hydrogens is 392 g/mol. The van der Waals surface area contributed by atoms with Crippen molar-refractivity contribution in [3.63, 3.8) is 0 Å². The predicted molar refractivity (Wildman–Crippen MR) is 115 cm³/mol. The van der Waals surface area contributed by atoms with Gasteiger partial charge in [0.25, 0.3) is 5.56 Å². The fourth-order valence-corrected chi connectivity index (χ4v) is 4.17. The maximum atomic E-state index is 13.1. The second-order valence-electron chi connectivity index (χ2n) is 6.49. The molecule has 142 valence electrons. The van der Waals surface area contributed by atoms with Crippen LogP contribution in [0.1, 0.15) is 5.69 Å². The zero-order valence-corrected chi connectivity index (χ0v) is 17.3. The smallest absolute Gasteiger partial charge is 0.297 e. The Morgan fingerprint density at radius 1 is 1.00 bits per heavy atom. The van der Waals surface area contributed by atoms with Crippen molar-refractivity contribution in [2.45, 2.75) is 6.92 Å². The van der Waals surface area contributed by atoms with Gasteiger partial charge in [-0.2, -0.15) is 0 Å². The summed E-state index contributed by atoms with van der Waals surface area (Å²) in [6.07, 6.45) is 0. The largest absolute Gasteiger partial charge is 0.320 e. The molecule has 0 amide bonds. The first kappa shape index (κ1) is 18.5. The standard InChI is InChI=1S/C21H19ClN4OS/c1-14-19(20(27)26(25(14)3)17-7-5-4-6-8-17)23-21-24(2)18(13-28-21)15-9-11-16(22)12-10-15/h4-13H,1-3H3. The monoisotopic (exact) mass is 410 g/mol. The van der Waals surface area contributed by atoms with E-state index in [4.69, 9.17) is 16.6 Å². The van der Waals surface area contributed by atoms with E-state index < -0.39 is 0 Å². The molecule has 0 saturated carbocycles. The van der Waals surface area contributed by atoms with Gasteiger partial charge in [-0.05, 0) is 36.8 Å². The molecule has 28 heavy (non-hydrogen) atoms. The first-order chi connectivity index (χ1) is 13.5. The Morgan fingerprint density at radius 3 is 2.36 bits per heavy atom. The first-order valence-electron chi connectivity index (χ1n) is 8.76. The van der Waals surface area contributed by atoms with Crippen molar-refractivity contribution < 1.29 is 0 Å². The summed E-state index contributed by atoms with van der Waals surface area (Å²) in [5.74, 6) is 0. The molecule has 2 aromatic heterocycles. The average Bonchev–Trinajstić information content (AvgIpc) is 3.16. The third-order valence-corrected chi connectivity index (χ3v) is 5.96. The summed E-state index contributed by atoms with van der Waals surface area (Å²) in [6.45, 7) is 1.91. The molecule has 0 bridgehead atoms. The summed E-state index contributed by atoms with van der Waals surface area (Å²) >= 11 is 7.50. The first-order valence-corrected chi connectivity index (χ1v) is 10.0. The number of benzene rings is 2. The Morgan fingerprint density at radius 2 is 1.68 bits per heavy atom. The lowest BCUT2D eigenvalue weighted by Crippen LogP contribution is -2.19. The summed E-state index contributed by atoms with van der Waals surface area (Å²) in [5, 5.41) is 2.74. The fourth-order valence-electron chi connectivity index (χ4n) is 3.13. The van der Waals surface area contributed by atoms with Crippen LogP contribution < -0.4 is 10.4 Å². The summed E-state index contributed by atoms with van der Waals surface area (Å²) in [5.41, 5.74) is 4.03. The SMILES string of the molecule is Cc1c(N=c2scc(-c3ccc(Cl)cc3)n2C)c(=O)n(-c2ccccc2)n1C. The number of halogens is 1. The van der Waals surface area contributed by atoms with Gasteiger partial charge in [0.05, 0.1) is 17.1 Å². The molecule has 0 aliphatic carbocycles. The van der Waals surface area contributed by atoms with Crippen molar-refractivity contribution in [1.82, 2.24) is 13.9 Å². The van der Waals surface area contributed by atoms with Crippen LogP contribution >= 0.6 is 22.9 Å². The molecule has 0 atom stereocenters. The highest BCUT2D eigenvalue weighted by Crippen LogP contribution is 2.22. The van der Waals surface area contributed by atoms with Gasteiger partial charge in [-0.15, -0.1) is 11.3 Å². The maximum absolute atomic E-state index is 13.1. The van der Waals surface area contributed by atoms with E-state index in [0.717, 1.165) is 27.4 Å². The van der Waals surface area contributed by atoms with Crippen molar-refractivity contribution in [2.24, 2.45) is 19.1 Å². The van der Waals surface area contributed by atoms with Gasteiger partial charge in [0.15, 0.2) is 10.5 Å². The number of nitrogens with zero attached hydrogens (tertiary/aromatic N) is 4. The highest BCUT2D eigenvalue weighted by atomic mass is 35.5. The molecule has 0 aliphatic rings. The van der Waals surface area contributed by atoms with E-state index in [-0.39, 0.29) is 5.56 Å². The van der Waals surface area contributed by atoms with Gasteiger partial charge in [0, 0.05) is 24.5 Å². The third-order valence-electron chi connectivity index (χ3n) is 4.80. The van der Waals surface area contributed by atoms with Gasteiger partial charge in [-0.1, -0.05) is 41.9 Å². The predicted octanol–water partition coefficient (Wildman–Crippen LogP) is 4.44. The number of aromatic nitrogens is 3. The minimum absolute atomic E-state index is 0.132. The highest BCUT2D eigenvalue weighted by molar-refractivity contribution is 7.07. The molecule has 0 N–H and O–H groups in total. The Balaban J connectivity index is 1.85. The minimum Gasteiger partial charge on any atom is -0.320 e. The molecule has 2 heterocycles. The van der Waals surface area contributed by atoms with Gasteiger partial charge in [-0.25, -0.2) is 9.67 Å². The normalized spacial score (nSPS) is 11.9. The lowest BCUT2D eigenvalue weighted by atomic mass is 10.2. The second-order valence-corrected chi connectivity index (χ2v) is 7.76. The van der Waals surface area contributed by atoms with E-state index >= 15 is 0 Å². The van der Waals surface area contributed by atoms with Gasteiger partial charge in [0.1, 0.15) is 0 Å². The van der Waals surface area contributed by atoms with E-state index in [1.807, 2.05) is 90.2 Å². The van der Waals surface area contributed by atoms with E-state index in [2.05, 4.69) is 0 Å². The number of rotatable bonds is 3. The quantitative estimate of drug-likeness (QED) is 0.492. The van der Waals surface area contributed by atoms with Crippen LogP contribution in [0.4, 0.5) is 5.69 Å². The highest BCUT2D eigenvalue weighted by Gasteiger charge is 2.16. The molecular formula is C21H19ClN4OS. The molecule has 0 saturated heterocycles.